The van der Waals surface area contributed by atoms with Gasteiger partial charge < -0.3 is 0 Å². The van der Waals surface area contributed by atoms with Crippen molar-refractivity contribution < 1.29 is 0 Å². The zero-order valence-corrected chi connectivity index (χ0v) is 10.2. The monoisotopic (exact) mass is 182 g/mol. The second-order valence-corrected chi connectivity index (χ2v) is 4.35. The van der Waals surface area contributed by atoms with Gasteiger partial charge in [-0.25, -0.2) is 0 Å². The Hall–Kier alpha value is -0.520. The molecule has 0 aliphatic heterocycles. The van der Waals surface area contributed by atoms with Crippen LogP contribution in [0.4, 0.5) is 0 Å². The normalized spacial score (nSPS) is 10.8. The maximum atomic E-state index is 3.56. The van der Waals surface area contributed by atoms with E-state index < -0.39 is 0 Å². The molecule has 0 aromatic heterocycles. The minimum absolute atomic E-state index is 0.648. The molecule has 0 atom stereocenters. The lowest BCUT2D eigenvalue weighted by Crippen LogP contribution is -1.81. The molecule has 0 aliphatic carbocycles. The number of hydrogen-bond donors (Lipinski definition) is 0. The number of rotatable bonds is 3. The fourth-order valence-electron chi connectivity index (χ4n) is 0.444. The molecule has 0 aromatic rings. The second-order valence-electron chi connectivity index (χ2n) is 4.35. The predicted molar refractivity (Wildman–Crippen MR) is 63.9 cm³/mol. The molecule has 0 spiro atoms. The molecule has 0 saturated heterocycles. The summed E-state index contributed by atoms with van der Waals surface area (Å²) in [6.45, 7) is 16.5. The highest BCUT2D eigenvalue weighted by atomic mass is 13.9. The Balaban J connectivity index is 0. The van der Waals surface area contributed by atoms with Gasteiger partial charge in [0.2, 0.25) is 0 Å². The lowest BCUT2D eigenvalue weighted by molar-refractivity contribution is 0.780. The van der Waals surface area contributed by atoms with Gasteiger partial charge in [-0.2, -0.15) is 0 Å². The van der Waals surface area contributed by atoms with Crippen LogP contribution in [0.2, 0.25) is 0 Å². The van der Waals surface area contributed by atoms with Gasteiger partial charge in [-0.05, 0) is 17.8 Å². The van der Waals surface area contributed by atoms with Crippen LogP contribution in [0.1, 0.15) is 41.5 Å². The van der Waals surface area contributed by atoms with Crippen LogP contribution in [0, 0.1) is 17.8 Å². The first-order chi connectivity index (χ1) is 5.90. The fourth-order valence-corrected chi connectivity index (χ4v) is 0.444. The van der Waals surface area contributed by atoms with Crippen molar-refractivity contribution in [3.05, 3.63) is 24.8 Å². The zero-order valence-electron chi connectivity index (χ0n) is 10.2. The maximum absolute atomic E-state index is 3.56. The van der Waals surface area contributed by atoms with Crippen molar-refractivity contribution in [2.75, 3.05) is 0 Å². The van der Waals surface area contributed by atoms with E-state index in [2.05, 4.69) is 60.3 Å². The Morgan fingerprint density at radius 1 is 0.692 bits per heavy atom. The molecule has 0 heteroatoms. The van der Waals surface area contributed by atoms with Crippen LogP contribution in [-0.4, -0.2) is 0 Å². The Kier molecular flexibility index (Phi) is 11.0. The van der Waals surface area contributed by atoms with Crippen molar-refractivity contribution in [1.82, 2.24) is 0 Å². The van der Waals surface area contributed by atoms with Crippen molar-refractivity contribution in [3.63, 3.8) is 0 Å². The summed E-state index contributed by atoms with van der Waals surface area (Å²) in [5.74, 6) is 2.06. The smallest absolute Gasteiger partial charge is 0.0290 e. The summed E-state index contributed by atoms with van der Waals surface area (Å²) in [6, 6.07) is 0. The summed E-state index contributed by atoms with van der Waals surface area (Å²) < 4.78 is 0. The van der Waals surface area contributed by atoms with Crippen molar-refractivity contribution in [1.29, 1.82) is 0 Å². The molecule has 0 rings (SSSR count). The Morgan fingerprint density at radius 3 is 1.00 bits per heavy atom. The van der Waals surface area contributed by atoms with Crippen LogP contribution in [0.3, 0.4) is 0 Å². The van der Waals surface area contributed by atoms with Gasteiger partial charge in [0.1, 0.15) is 0 Å². The van der Waals surface area contributed by atoms with Gasteiger partial charge >= 0.3 is 0 Å². The van der Waals surface area contributed by atoms with Gasteiger partial charge in [0, 0.05) is 0 Å². The standard InChI is InChI=1S/C8H16.C5H10/c1-7(2)5-6-8(3)4;1-4-5(2)3/h5-8H,1-4H3;4-5H,1H2,2-3H3/b6-5-;. The van der Waals surface area contributed by atoms with E-state index in [0.29, 0.717) is 17.8 Å². The molecule has 78 valence electrons. The van der Waals surface area contributed by atoms with E-state index in [1.54, 1.807) is 0 Å². The van der Waals surface area contributed by atoms with E-state index in [1.165, 1.54) is 0 Å². The lowest BCUT2D eigenvalue weighted by Gasteiger charge is -1.95. The lowest BCUT2D eigenvalue weighted by atomic mass is 10.1. The van der Waals surface area contributed by atoms with Crippen molar-refractivity contribution >= 4 is 0 Å². The SMILES string of the molecule is C=CC(C)C.CC(C)/C=C\C(C)C. The number of allylic oxidation sites excluding steroid dienone is 3. The van der Waals surface area contributed by atoms with E-state index >= 15 is 0 Å². The van der Waals surface area contributed by atoms with Crippen LogP contribution in [0.15, 0.2) is 24.8 Å². The van der Waals surface area contributed by atoms with Gasteiger partial charge in [-0.15, -0.1) is 6.58 Å². The minimum atomic E-state index is 0.648. The molecule has 0 N–H and O–H groups in total. The average Bonchev–Trinajstić information content (AvgIpc) is 2.02. The molecule has 0 radical (unpaired) electrons. The van der Waals surface area contributed by atoms with Crippen molar-refractivity contribution in [3.8, 4) is 0 Å². The van der Waals surface area contributed by atoms with E-state index in [4.69, 9.17) is 0 Å². The molecule has 13 heavy (non-hydrogen) atoms. The zero-order chi connectivity index (χ0) is 10.9. The summed E-state index contributed by atoms with van der Waals surface area (Å²) in [6.07, 6.45) is 6.40. The van der Waals surface area contributed by atoms with E-state index in [0.717, 1.165) is 0 Å². The quantitative estimate of drug-likeness (QED) is 0.556. The summed E-state index contributed by atoms with van der Waals surface area (Å²) in [5.41, 5.74) is 0. The van der Waals surface area contributed by atoms with Gasteiger partial charge in [0.15, 0.2) is 0 Å². The Morgan fingerprint density at radius 2 is 0.923 bits per heavy atom. The summed E-state index contributed by atoms with van der Waals surface area (Å²) in [4.78, 5) is 0. The molecular weight excluding hydrogens is 156 g/mol. The second kappa shape index (κ2) is 9.57. The average molecular weight is 182 g/mol. The molecule has 0 bridgehead atoms. The first-order valence-corrected chi connectivity index (χ1v) is 5.21. The summed E-state index contributed by atoms with van der Waals surface area (Å²) >= 11 is 0. The molecule has 0 heterocycles. The van der Waals surface area contributed by atoms with E-state index in [-0.39, 0.29) is 0 Å². The van der Waals surface area contributed by atoms with Gasteiger partial charge in [0.25, 0.3) is 0 Å². The molecule has 0 aromatic carbocycles. The highest BCUT2D eigenvalue weighted by Gasteiger charge is 1.85. The predicted octanol–water partition coefficient (Wildman–Crippen LogP) is 4.68. The summed E-state index contributed by atoms with van der Waals surface area (Å²) in [5, 5.41) is 0. The highest BCUT2D eigenvalue weighted by Crippen LogP contribution is 1.99. The maximum Gasteiger partial charge on any atom is -0.0290 e. The number of hydrogen-bond acceptors (Lipinski definition) is 0. The van der Waals surface area contributed by atoms with Crippen LogP contribution in [0.25, 0.3) is 0 Å². The van der Waals surface area contributed by atoms with E-state index in [9.17, 15) is 0 Å². The Bertz CT molecular complexity index is 117. The molecular formula is C13H26. The first-order valence-electron chi connectivity index (χ1n) is 5.21. The third-order valence-corrected chi connectivity index (χ3v) is 1.35. The third-order valence-electron chi connectivity index (χ3n) is 1.35. The van der Waals surface area contributed by atoms with Crippen LogP contribution in [0.5, 0.6) is 0 Å². The first kappa shape index (κ1) is 15.0. The fraction of sp³-hybridized carbons (Fsp3) is 0.692. The Labute approximate surface area is 84.7 Å². The molecule has 0 saturated carbocycles. The summed E-state index contributed by atoms with van der Waals surface area (Å²) in [7, 11) is 0. The minimum Gasteiger partial charge on any atom is -0.103 e. The largest absolute Gasteiger partial charge is 0.103 e. The molecule has 0 aliphatic rings. The van der Waals surface area contributed by atoms with Gasteiger partial charge in [-0.1, -0.05) is 59.8 Å². The molecule has 0 unspecified atom stereocenters. The van der Waals surface area contributed by atoms with Crippen LogP contribution in [-0.2, 0) is 0 Å². The van der Waals surface area contributed by atoms with Crippen LogP contribution >= 0.6 is 0 Å². The van der Waals surface area contributed by atoms with Gasteiger partial charge in [0.05, 0.1) is 0 Å². The van der Waals surface area contributed by atoms with Crippen LogP contribution < -0.4 is 0 Å². The highest BCUT2D eigenvalue weighted by molar-refractivity contribution is 4.86. The van der Waals surface area contributed by atoms with Crippen molar-refractivity contribution in [2.45, 2.75) is 41.5 Å². The molecule has 0 fully saturated rings. The topological polar surface area (TPSA) is 0 Å². The van der Waals surface area contributed by atoms with Crippen molar-refractivity contribution in [2.24, 2.45) is 17.8 Å². The van der Waals surface area contributed by atoms with Gasteiger partial charge in [-0.3, -0.25) is 0 Å². The molecule has 0 nitrogen and oxygen atoms in total. The third kappa shape index (κ3) is 24.6. The van der Waals surface area contributed by atoms with E-state index in [1.807, 2.05) is 6.08 Å². The molecule has 0 amide bonds.